The van der Waals surface area contributed by atoms with Gasteiger partial charge in [0.05, 0.1) is 23.5 Å². The maximum absolute atomic E-state index is 9.50. The van der Waals surface area contributed by atoms with Crippen molar-refractivity contribution in [1.82, 2.24) is 14.9 Å². The third-order valence-electron chi connectivity index (χ3n) is 4.62. The zero-order chi connectivity index (χ0) is 23.7. The van der Waals surface area contributed by atoms with Crippen molar-refractivity contribution in [1.29, 1.82) is 0 Å². The minimum absolute atomic E-state index is 0.263. The summed E-state index contributed by atoms with van der Waals surface area (Å²) in [6.45, 7) is 0.871. The van der Waals surface area contributed by atoms with E-state index < -0.39 is 0 Å². The first kappa shape index (κ1) is 25.1. The minimum Gasteiger partial charge on any atom is -0.383 e. The third kappa shape index (κ3) is 6.16. The summed E-state index contributed by atoms with van der Waals surface area (Å²) in [6.07, 6.45) is 9.94. The van der Waals surface area contributed by atoms with Crippen molar-refractivity contribution in [2.75, 3.05) is 27.0 Å². The van der Waals surface area contributed by atoms with Crippen LogP contribution in [-0.4, -0.2) is 42.0 Å². The molecule has 0 saturated heterocycles. The van der Waals surface area contributed by atoms with Gasteiger partial charge in [0.25, 0.3) is 0 Å². The van der Waals surface area contributed by atoms with Crippen LogP contribution in [0.25, 0.3) is 11.1 Å². The molecule has 170 valence electrons. The largest absolute Gasteiger partial charge is 0.383 e. The molecule has 0 saturated carbocycles. The van der Waals surface area contributed by atoms with Gasteiger partial charge in [-0.1, -0.05) is 54.1 Å². The van der Waals surface area contributed by atoms with Gasteiger partial charge >= 0.3 is 0 Å². The molecule has 0 radical (unpaired) electrons. The molecule has 1 aliphatic carbocycles. The molecule has 0 unspecified atom stereocenters. The zero-order valence-corrected chi connectivity index (χ0v) is 19.2. The first-order valence-corrected chi connectivity index (χ1v) is 10.2. The number of nitrogens with two attached hydrogens (primary N) is 3. The highest BCUT2D eigenvalue weighted by molar-refractivity contribution is 6.32. The summed E-state index contributed by atoms with van der Waals surface area (Å²) < 4.78 is 9.50. The highest BCUT2D eigenvalue weighted by Crippen LogP contribution is 2.26. The van der Waals surface area contributed by atoms with Crippen molar-refractivity contribution in [3.05, 3.63) is 82.7 Å². The average Bonchev–Trinajstić information content (AvgIpc) is 3.01. The number of aromatic nitrogens is 1. The number of nitrogens with zero attached hydrogens (tertiary/aromatic N) is 4. The van der Waals surface area contributed by atoms with E-state index in [1.54, 1.807) is 12.3 Å². The van der Waals surface area contributed by atoms with E-state index in [1.807, 2.05) is 50.5 Å². The Morgan fingerprint density at radius 2 is 1.88 bits per heavy atom. The summed E-state index contributed by atoms with van der Waals surface area (Å²) in [7, 11) is 4.58. The Labute approximate surface area is 193 Å². The van der Waals surface area contributed by atoms with Crippen LogP contribution in [0.15, 0.2) is 76.7 Å². The standard InChI is InChI=1S/C22H26ClN7.CH3F/c1-29(2)14-15-8-10-16(11-9-15)17-12-18(21(24)27-13-17)22(28-25)30(26)20-7-5-3-4-6-19(20)23;1-2/h3,5-13H,4,14,25-26H2,1-2H3,(H2,24,27);1H3/b28-22-;. The van der Waals surface area contributed by atoms with Crippen molar-refractivity contribution in [2.45, 2.75) is 13.0 Å². The second kappa shape index (κ2) is 12.0. The first-order valence-electron chi connectivity index (χ1n) is 9.84. The number of allylic oxidation sites excluding steroid dienone is 5. The van der Waals surface area contributed by atoms with E-state index in [9.17, 15) is 4.39 Å². The summed E-state index contributed by atoms with van der Waals surface area (Å²) in [5, 5.41) is 5.71. The molecule has 0 fully saturated rings. The van der Waals surface area contributed by atoms with Crippen molar-refractivity contribution < 1.29 is 4.39 Å². The Hall–Kier alpha value is -3.20. The number of pyridine rings is 1. The number of anilines is 1. The highest BCUT2D eigenvalue weighted by Gasteiger charge is 2.20. The quantitative estimate of drug-likeness (QED) is 0.273. The topological polar surface area (TPSA) is 110 Å². The lowest BCUT2D eigenvalue weighted by Crippen LogP contribution is -2.38. The Kier molecular flexibility index (Phi) is 9.39. The molecule has 3 rings (SSSR count). The number of rotatable bonds is 5. The van der Waals surface area contributed by atoms with Crippen LogP contribution in [0.4, 0.5) is 10.2 Å². The molecule has 9 heteroatoms. The van der Waals surface area contributed by atoms with E-state index >= 15 is 0 Å². The number of hydrazone groups is 1. The van der Waals surface area contributed by atoms with Crippen LogP contribution in [0.1, 0.15) is 17.5 Å². The van der Waals surface area contributed by atoms with E-state index in [0.717, 1.165) is 17.7 Å². The molecule has 0 amide bonds. The van der Waals surface area contributed by atoms with Gasteiger partial charge in [-0.05, 0) is 43.8 Å². The van der Waals surface area contributed by atoms with Gasteiger partial charge in [-0.3, -0.25) is 9.40 Å². The predicted molar refractivity (Wildman–Crippen MR) is 131 cm³/mol. The van der Waals surface area contributed by atoms with Crippen LogP contribution in [0.3, 0.4) is 0 Å². The van der Waals surface area contributed by atoms with Gasteiger partial charge in [0.2, 0.25) is 0 Å². The second-order valence-corrected chi connectivity index (χ2v) is 7.59. The number of hydrogen-bond donors (Lipinski definition) is 3. The van der Waals surface area contributed by atoms with Gasteiger partial charge in [-0.15, -0.1) is 0 Å². The Morgan fingerprint density at radius 1 is 1.19 bits per heavy atom. The second-order valence-electron chi connectivity index (χ2n) is 7.18. The molecular weight excluding hydrogens is 429 g/mol. The van der Waals surface area contributed by atoms with Crippen molar-refractivity contribution >= 4 is 23.3 Å². The van der Waals surface area contributed by atoms with Gasteiger partial charge in [-0.25, -0.2) is 10.8 Å². The SMILES string of the molecule is CF.CN(C)Cc1ccc(-c2cnc(N)c(/C(=N/N)N(N)C3=CC=CCC=C3Cl)c2)cc1. The van der Waals surface area contributed by atoms with E-state index in [1.165, 1.54) is 10.6 Å². The van der Waals surface area contributed by atoms with Gasteiger partial charge in [0.15, 0.2) is 5.84 Å². The number of alkyl halides is 1. The number of halogens is 2. The monoisotopic (exact) mass is 457 g/mol. The fraction of sp³-hybridized carbons (Fsp3) is 0.217. The zero-order valence-electron chi connectivity index (χ0n) is 18.5. The van der Waals surface area contributed by atoms with Crippen LogP contribution in [0, 0.1) is 0 Å². The molecule has 1 aliphatic rings. The molecule has 32 heavy (non-hydrogen) atoms. The molecule has 7 nitrogen and oxygen atoms in total. The molecule has 1 aromatic carbocycles. The van der Waals surface area contributed by atoms with Crippen molar-refractivity contribution in [3.8, 4) is 11.1 Å². The highest BCUT2D eigenvalue weighted by atomic mass is 35.5. The fourth-order valence-electron chi connectivity index (χ4n) is 3.14. The maximum atomic E-state index is 9.50. The maximum Gasteiger partial charge on any atom is 0.177 e. The summed E-state index contributed by atoms with van der Waals surface area (Å²) in [6, 6.07) is 10.2. The van der Waals surface area contributed by atoms with Crippen molar-refractivity contribution in [2.24, 2.45) is 16.8 Å². The molecule has 0 spiro atoms. The van der Waals surface area contributed by atoms with Crippen LogP contribution < -0.4 is 17.4 Å². The summed E-state index contributed by atoms with van der Waals surface area (Å²) >= 11 is 6.37. The average molecular weight is 458 g/mol. The Bertz CT molecular complexity index is 1030. The number of hydrogen-bond acceptors (Lipinski definition) is 6. The first-order chi connectivity index (χ1) is 15.4. The number of benzene rings is 1. The molecule has 2 aromatic rings. The minimum atomic E-state index is 0.263. The molecule has 0 atom stereocenters. The predicted octanol–water partition coefficient (Wildman–Crippen LogP) is 3.74. The molecule has 6 N–H and O–H groups in total. The summed E-state index contributed by atoms with van der Waals surface area (Å²) in [5.74, 6) is 12.6. The molecule has 0 bridgehead atoms. The van der Waals surface area contributed by atoms with E-state index in [0.29, 0.717) is 29.9 Å². The Balaban J connectivity index is 0.00000176. The number of hydrazine groups is 1. The molecular formula is C23H29ClFN7. The van der Waals surface area contributed by atoms with E-state index in [4.69, 9.17) is 29.0 Å². The summed E-state index contributed by atoms with van der Waals surface area (Å²) in [5.41, 5.74) is 10.3. The lowest BCUT2D eigenvalue weighted by atomic mass is 10.0. The van der Waals surface area contributed by atoms with Crippen LogP contribution in [0.5, 0.6) is 0 Å². The van der Waals surface area contributed by atoms with E-state index in [2.05, 4.69) is 27.1 Å². The number of nitrogen functional groups attached to an aromatic ring is 1. The van der Waals surface area contributed by atoms with E-state index in [-0.39, 0.29) is 11.7 Å². The van der Waals surface area contributed by atoms with Gasteiger partial charge in [-0.2, -0.15) is 5.10 Å². The summed E-state index contributed by atoms with van der Waals surface area (Å²) in [4.78, 5) is 6.45. The molecule has 1 aromatic heterocycles. The van der Waals surface area contributed by atoms with Gasteiger partial charge < -0.3 is 16.5 Å². The number of amidine groups is 1. The molecule has 1 heterocycles. The van der Waals surface area contributed by atoms with Gasteiger partial charge in [0, 0.05) is 18.3 Å². The fourth-order valence-corrected chi connectivity index (χ4v) is 3.39. The third-order valence-corrected chi connectivity index (χ3v) is 4.97. The van der Waals surface area contributed by atoms with Gasteiger partial charge in [0.1, 0.15) is 5.82 Å². The van der Waals surface area contributed by atoms with Crippen LogP contribution in [-0.2, 0) is 6.54 Å². The van der Waals surface area contributed by atoms with Crippen LogP contribution in [0.2, 0.25) is 0 Å². The van der Waals surface area contributed by atoms with Crippen LogP contribution >= 0.6 is 11.6 Å². The lowest BCUT2D eigenvalue weighted by Gasteiger charge is -2.23. The lowest BCUT2D eigenvalue weighted by molar-refractivity contribution is 0.402. The Morgan fingerprint density at radius 3 is 2.50 bits per heavy atom. The normalized spacial score (nSPS) is 13.7. The molecule has 0 aliphatic heterocycles. The smallest absolute Gasteiger partial charge is 0.177 e. The van der Waals surface area contributed by atoms with Crippen molar-refractivity contribution in [3.63, 3.8) is 0 Å².